The SMILES string of the molecule is CCc1ccc(C(C)C)cc1-c1cc(CC)c(O)c(CC)c1. The molecule has 118 valence electrons. The first kappa shape index (κ1) is 16.6. The molecule has 0 atom stereocenters. The van der Waals surface area contributed by atoms with E-state index >= 15 is 0 Å². The highest BCUT2D eigenvalue weighted by Gasteiger charge is 2.12. The summed E-state index contributed by atoms with van der Waals surface area (Å²) >= 11 is 0. The lowest BCUT2D eigenvalue weighted by atomic mass is 9.89. The molecule has 0 aliphatic rings. The van der Waals surface area contributed by atoms with E-state index in [-0.39, 0.29) is 0 Å². The van der Waals surface area contributed by atoms with Crippen LogP contribution in [0.15, 0.2) is 30.3 Å². The van der Waals surface area contributed by atoms with E-state index in [2.05, 4.69) is 65.0 Å². The van der Waals surface area contributed by atoms with Crippen molar-refractivity contribution >= 4 is 0 Å². The average molecular weight is 296 g/mol. The Morgan fingerprint density at radius 1 is 0.818 bits per heavy atom. The van der Waals surface area contributed by atoms with Crippen LogP contribution in [0.1, 0.15) is 62.8 Å². The summed E-state index contributed by atoms with van der Waals surface area (Å²) in [5, 5.41) is 10.3. The lowest BCUT2D eigenvalue weighted by molar-refractivity contribution is 0.462. The maximum atomic E-state index is 10.3. The van der Waals surface area contributed by atoms with Crippen molar-refractivity contribution in [3.63, 3.8) is 0 Å². The number of aryl methyl sites for hydroxylation is 3. The molecule has 22 heavy (non-hydrogen) atoms. The van der Waals surface area contributed by atoms with E-state index in [1.807, 2.05) is 0 Å². The van der Waals surface area contributed by atoms with Crippen molar-refractivity contribution in [1.29, 1.82) is 0 Å². The summed E-state index contributed by atoms with van der Waals surface area (Å²) in [6, 6.07) is 11.2. The fraction of sp³-hybridized carbons (Fsp3) is 0.429. The van der Waals surface area contributed by atoms with E-state index in [1.54, 1.807) is 0 Å². The van der Waals surface area contributed by atoms with E-state index in [0.717, 1.165) is 30.4 Å². The van der Waals surface area contributed by atoms with Crippen LogP contribution in [0.3, 0.4) is 0 Å². The first-order valence-electron chi connectivity index (χ1n) is 8.49. The van der Waals surface area contributed by atoms with Crippen LogP contribution < -0.4 is 0 Å². The molecule has 0 unspecified atom stereocenters. The average Bonchev–Trinajstić information content (AvgIpc) is 2.54. The van der Waals surface area contributed by atoms with Crippen LogP contribution in [0.2, 0.25) is 0 Å². The molecule has 2 aromatic rings. The smallest absolute Gasteiger partial charge is 0.121 e. The van der Waals surface area contributed by atoms with Crippen molar-refractivity contribution in [2.45, 2.75) is 59.8 Å². The minimum absolute atomic E-state index is 0.479. The van der Waals surface area contributed by atoms with Gasteiger partial charge in [-0.2, -0.15) is 0 Å². The van der Waals surface area contributed by atoms with Gasteiger partial charge in [0.05, 0.1) is 0 Å². The van der Waals surface area contributed by atoms with Crippen LogP contribution in [0, 0.1) is 0 Å². The van der Waals surface area contributed by atoms with Gasteiger partial charge in [0.2, 0.25) is 0 Å². The predicted molar refractivity (Wildman–Crippen MR) is 95.8 cm³/mol. The Hall–Kier alpha value is -1.76. The molecule has 1 N–H and O–H groups in total. The lowest BCUT2D eigenvalue weighted by Gasteiger charge is -2.16. The maximum absolute atomic E-state index is 10.3. The highest BCUT2D eigenvalue weighted by molar-refractivity contribution is 5.71. The van der Waals surface area contributed by atoms with E-state index in [0.29, 0.717) is 11.7 Å². The van der Waals surface area contributed by atoms with Crippen molar-refractivity contribution < 1.29 is 5.11 Å². The van der Waals surface area contributed by atoms with Crippen molar-refractivity contribution in [1.82, 2.24) is 0 Å². The zero-order valence-electron chi connectivity index (χ0n) is 14.5. The molecule has 0 bridgehead atoms. The molecule has 0 amide bonds. The van der Waals surface area contributed by atoms with Gasteiger partial charge in [0.25, 0.3) is 0 Å². The third kappa shape index (κ3) is 3.19. The zero-order valence-corrected chi connectivity index (χ0v) is 14.5. The predicted octanol–water partition coefficient (Wildman–Crippen LogP) is 5.87. The summed E-state index contributed by atoms with van der Waals surface area (Å²) in [6.07, 6.45) is 2.74. The van der Waals surface area contributed by atoms with Gasteiger partial charge < -0.3 is 5.11 Å². The zero-order chi connectivity index (χ0) is 16.3. The van der Waals surface area contributed by atoms with Crippen LogP contribution in [-0.4, -0.2) is 5.11 Å². The van der Waals surface area contributed by atoms with Crippen LogP contribution in [-0.2, 0) is 19.3 Å². The van der Waals surface area contributed by atoms with Gasteiger partial charge in [-0.15, -0.1) is 0 Å². The second kappa shape index (κ2) is 7.00. The van der Waals surface area contributed by atoms with Gasteiger partial charge in [-0.25, -0.2) is 0 Å². The molecule has 0 spiro atoms. The van der Waals surface area contributed by atoms with Gasteiger partial charge in [0, 0.05) is 0 Å². The molecular formula is C21H28O. The molecule has 1 nitrogen and oxygen atoms in total. The summed E-state index contributed by atoms with van der Waals surface area (Å²) in [6.45, 7) is 10.9. The van der Waals surface area contributed by atoms with Crippen LogP contribution in [0.4, 0.5) is 0 Å². The number of rotatable bonds is 5. The second-order valence-electron chi connectivity index (χ2n) is 6.28. The Bertz CT molecular complexity index is 628. The summed E-state index contributed by atoms with van der Waals surface area (Å²) in [4.78, 5) is 0. The van der Waals surface area contributed by atoms with Crippen molar-refractivity contribution in [3.05, 3.63) is 52.6 Å². The van der Waals surface area contributed by atoms with Crippen molar-refractivity contribution in [2.24, 2.45) is 0 Å². The van der Waals surface area contributed by atoms with E-state index < -0.39 is 0 Å². The Morgan fingerprint density at radius 3 is 1.82 bits per heavy atom. The molecule has 1 heteroatoms. The topological polar surface area (TPSA) is 20.2 Å². The van der Waals surface area contributed by atoms with Gasteiger partial charge in [0.1, 0.15) is 5.75 Å². The summed E-state index contributed by atoms with van der Waals surface area (Å²) in [5.41, 5.74) is 7.40. The normalized spacial score (nSPS) is 11.2. The summed E-state index contributed by atoms with van der Waals surface area (Å²) in [7, 11) is 0. The number of aromatic hydroxyl groups is 1. The number of phenolic OH excluding ortho intramolecular Hbond substituents is 1. The van der Waals surface area contributed by atoms with Gasteiger partial charge in [-0.05, 0) is 70.7 Å². The summed E-state index contributed by atoms with van der Waals surface area (Å²) in [5.74, 6) is 1.00. The summed E-state index contributed by atoms with van der Waals surface area (Å²) < 4.78 is 0. The maximum Gasteiger partial charge on any atom is 0.121 e. The standard InChI is InChI=1S/C21H28O/c1-6-15-9-10-18(14(4)5)13-20(15)19-11-16(7-2)21(22)17(8-3)12-19/h9-14,22H,6-8H2,1-5H3. The van der Waals surface area contributed by atoms with E-state index in [1.165, 1.54) is 22.3 Å². The third-order valence-corrected chi connectivity index (χ3v) is 4.52. The Morgan fingerprint density at radius 2 is 1.36 bits per heavy atom. The van der Waals surface area contributed by atoms with Gasteiger partial charge in [-0.3, -0.25) is 0 Å². The second-order valence-corrected chi connectivity index (χ2v) is 6.28. The molecule has 0 saturated carbocycles. The fourth-order valence-corrected chi connectivity index (χ4v) is 2.98. The number of phenols is 1. The highest BCUT2D eigenvalue weighted by Crippen LogP contribution is 2.34. The largest absolute Gasteiger partial charge is 0.507 e. The van der Waals surface area contributed by atoms with E-state index in [4.69, 9.17) is 0 Å². The first-order valence-corrected chi connectivity index (χ1v) is 8.49. The minimum Gasteiger partial charge on any atom is -0.507 e. The Balaban J connectivity index is 2.66. The molecule has 0 radical (unpaired) electrons. The highest BCUT2D eigenvalue weighted by atomic mass is 16.3. The molecular weight excluding hydrogens is 268 g/mol. The van der Waals surface area contributed by atoms with Gasteiger partial charge >= 0.3 is 0 Å². The van der Waals surface area contributed by atoms with Gasteiger partial charge in [0.15, 0.2) is 0 Å². The van der Waals surface area contributed by atoms with Crippen LogP contribution in [0.25, 0.3) is 11.1 Å². The minimum atomic E-state index is 0.479. The van der Waals surface area contributed by atoms with E-state index in [9.17, 15) is 5.11 Å². The number of hydrogen-bond acceptors (Lipinski definition) is 1. The first-order chi connectivity index (χ1) is 10.5. The Kier molecular flexibility index (Phi) is 5.28. The molecule has 2 aromatic carbocycles. The molecule has 0 heterocycles. The molecule has 0 aliphatic heterocycles. The van der Waals surface area contributed by atoms with Gasteiger partial charge in [-0.1, -0.05) is 52.8 Å². The molecule has 0 aliphatic carbocycles. The van der Waals surface area contributed by atoms with Crippen molar-refractivity contribution in [2.75, 3.05) is 0 Å². The Labute approximate surface area is 135 Å². The molecule has 2 rings (SSSR count). The fourth-order valence-electron chi connectivity index (χ4n) is 2.98. The molecule has 0 fully saturated rings. The van der Waals surface area contributed by atoms with Crippen molar-refractivity contribution in [3.8, 4) is 16.9 Å². The quantitative estimate of drug-likeness (QED) is 0.731. The van der Waals surface area contributed by atoms with Crippen LogP contribution >= 0.6 is 0 Å². The van der Waals surface area contributed by atoms with Crippen LogP contribution in [0.5, 0.6) is 5.75 Å². The third-order valence-electron chi connectivity index (χ3n) is 4.52. The molecule has 0 saturated heterocycles. The lowest BCUT2D eigenvalue weighted by Crippen LogP contribution is -1.96. The number of hydrogen-bond donors (Lipinski definition) is 1. The number of benzene rings is 2. The molecule has 0 aromatic heterocycles. The monoisotopic (exact) mass is 296 g/mol.